The number of halogens is 4. The Hall–Kier alpha value is -1.33. The summed E-state index contributed by atoms with van der Waals surface area (Å²) in [6.45, 7) is 4.61. The van der Waals surface area contributed by atoms with Gasteiger partial charge in [-0.25, -0.2) is 8.78 Å². The van der Waals surface area contributed by atoms with Crippen molar-refractivity contribution in [3.05, 3.63) is 45.2 Å². The van der Waals surface area contributed by atoms with Crippen molar-refractivity contribution in [2.75, 3.05) is 5.32 Å². The molecule has 0 saturated heterocycles. The van der Waals surface area contributed by atoms with Gasteiger partial charge in [0.05, 0.1) is 33.7 Å². The van der Waals surface area contributed by atoms with Crippen molar-refractivity contribution in [1.29, 1.82) is 0 Å². The first-order valence-corrected chi connectivity index (χ1v) is 6.79. The summed E-state index contributed by atoms with van der Waals surface area (Å²) in [4.78, 5) is 0. The summed E-state index contributed by atoms with van der Waals surface area (Å²) < 4.78 is 28.4. The van der Waals surface area contributed by atoms with E-state index in [2.05, 4.69) is 10.4 Å². The van der Waals surface area contributed by atoms with Gasteiger partial charge in [-0.1, -0.05) is 23.2 Å². The van der Waals surface area contributed by atoms with Gasteiger partial charge in [0.1, 0.15) is 5.82 Å². The normalized spacial score (nSPS) is 10.9. The first-order valence-electron chi connectivity index (χ1n) is 6.04. The van der Waals surface area contributed by atoms with Crippen LogP contribution in [0.15, 0.2) is 12.1 Å². The van der Waals surface area contributed by atoms with Crippen LogP contribution in [0.25, 0.3) is 0 Å². The molecule has 0 unspecified atom stereocenters. The van der Waals surface area contributed by atoms with Gasteiger partial charge in [0, 0.05) is 12.6 Å². The highest BCUT2D eigenvalue weighted by molar-refractivity contribution is 6.33. The molecule has 2 rings (SSSR count). The average Bonchev–Trinajstić information content (AvgIpc) is 2.64. The molecule has 1 heterocycles. The molecule has 0 bridgehead atoms. The molecule has 1 aromatic carbocycles. The highest BCUT2D eigenvalue weighted by atomic mass is 35.5. The minimum absolute atomic E-state index is 0.0158. The second kappa shape index (κ2) is 5.97. The standard InChI is InChI=1S/C13H13Cl2F2N3/c1-3-20-11(12(15)7(2)19-20)6-18-13-9(14)4-8(16)5-10(13)17/h4-5,18H,3,6H2,1-2H3. The number of benzene rings is 1. The summed E-state index contributed by atoms with van der Waals surface area (Å²) in [6.07, 6.45) is 0. The predicted octanol–water partition coefficient (Wildman–Crippen LogP) is 4.41. The minimum Gasteiger partial charge on any atom is -0.376 e. The molecule has 0 spiro atoms. The molecule has 0 amide bonds. The van der Waals surface area contributed by atoms with E-state index in [9.17, 15) is 8.78 Å². The number of aromatic nitrogens is 2. The van der Waals surface area contributed by atoms with E-state index in [1.54, 1.807) is 11.6 Å². The number of hydrogen-bond donors (Lipinski definition) is 1. The Kier molecular flexibility index (Phi) is 4.50. The molecule has 0 aliphatic carbocycles. The van der Waals surface area contributed by atoms with Gasteiger partial charge < -0.3 is 5.32 Å². The molecule has 20 heavy (non-hydrogen) atoms. The van der Waals surface area contributed by atoms with E-state index in [0.717, 1.165) is 17.8 Å². The van der Waals surface area contributed by atoms with E-state index in [1.807, 2.05) is 6.92 Å². The van der Waals surface area contributed by atoms with Gasteiger partial charge >= 0.3 is 0 Å². The van der Waals surface area contributed by atoms with E-state index in [4.69, 9.17) is 23.2 Å². The van der Waals surface area contributed by atoms with Crippen molar-refractivity contribution >= 4 is 28.9 Å². The zero-order chi connectivity index (χ0) is 14.9. The third kappa shape index (κ3) is 2.88. The third-order valence-electron chi connectivity index (χ3n) is 2.89. The summed E-state index contributed by atoms with van der Waals surface area (Å²) >= 11 is 12.0. The lowest BCUT2D eigenvalue weighted by Crippen LogP contribution is -2.09. The lowest BCUT2D eigenvalue weighted by molar-refractivity contribution is 0.584. The molecule has 1 aromatic heterocycles. The average molecular weight is 320 g/mol. The summed E-state index contributed by atoms with van der Waals surface area (Å²) in [5.74, 6) is -1.46. The maximum Gasteiger partial charge on any atom is 0.150 e. The lowest BCUT2D eigenvalue weighted by Gasteiger charge is -2.11. The second-order valence-electron chi connectivity index (χ2n) is 4.26. The van der Waals surface area contributed by atoms with Crippen LogP contribution in [0.4, 0.5) is 14.5 Å². The Morgan fingerprint density at radius 3 is 2.60 bits per heavy atom. The molecule has 0 aliphatic heterocycles. The quantitative estimate of drug-likeness (QED) is 0.904. The van der Waals surface area contributed by atoms with Crippen molar-refractivity contribution in [2.45, 2.75) is 26.9 Å². The summed E-state index contributed by atoms with van der Waals surface area (Å²) in [7, 11) is 0. The van der Waals surface area contributed by atoms with Gasteiger partial charge in [-0.05, 0) is 19.9 Å². The van der Waals surface area contributed by atoms with Crippen LogP contribution >= 0.6 is 23.2 Å². The van der Waals surface area contributed by atoms with Crippen LogP contribution in [-0.4, -0.2) is 9.78 Å². The molecule has 1 N–H and O–H groups in total. The van der Waals surface area contributed by atoms with Crippen LogP contribution in [0, 0.1) is 18.6 Å². The SMILES string of the molecule is CCn1nc(C)c(Cl)c1CNc1c(F)cc(F)cc1Cl. The first kappa shape index (κ1) is 15.1. The van der Waals surface area contributed by atoms with Crippen LogP contribution in [0.2, 0.25) is 10.0 Å². The Bertz CT molecular complexity index is 618. The lowest BCUT2D eigenvalue weighted by atomic mass is 10.2. The number of anilines is 1. The van der Waals surface area contributed by atoms with Gasteiger partial charge in [-0.15, -0.1) is 0 Å². The summed E-state index contributed by atoms with van der Waals surface area (Å²) in [5.41, 5.74) is 1.48. The molecular formula is C13H13Cl2F2N3. The fourth-order valence-electron chi connectivity index (χ4n) is 1.92. The third-order valence-corrected chi connectivity index (χ3v) is 3.68. The number of aryl methyl sites for hydroxylation is 2. The van der Waals surface area contributed by atoms with Crippen molar-refractivity contribution in [1.82, 2.24) is 9.78 Å². The second-order valence-corrected chi connectivity index (χ2v) is 5.05. The molecule has 108 valence electrons. The van der Waals surface area contributed by atoms with E-state index in [-0.39, 0.29) is 17.3 Å². The Balaban J connectivity index is 2.26. The van der Waals surface area contributed by atoms with Gasteiger partial charge in [-0.3, -0.25) is 4.68 Å². The van der Waals surface area contributed by atoms with Crippen LogP contribution in [0.3, 0.4) is 0 Å². The topological polar surface area (TPSA) is 29.9 Å². The number of nitrogens with one attached hydrogen (secondary N) is 1. The minimum atomic E-state index is -0.745. The van der Waals surface area contributed by atoms with E-state index >= 15 is 0 Å². The van der Waals surface area contributed by atoms with Crippen molar-refractivity contribution in [3.63, 3.8) is 0 Å². The van der Waals surface area contributed by atoms with Crippen molar-refractivity contribution in [2.24, 2.45) is 0 Å². The maximum absolute atomic E-state index is 13.7. The highest BCUT2D eigenvalue weighted by Gasteiger charge is 2.15. The van der Waals surface area contributed by atoms with Gasteiger partial charge in [0.15, 0.2) is 5.82 Å². The molecule has 7 heteroatoms. The van der Waals surface area contributed by atoms with Crippen LogP contribution in [-0.2, 0) is 13.1 Å². The molecule has 0 atom stereocenters. The Morgan fingerprint density at radius 2 is 2.00 bits per heavy atom. The smallest absolute Gasteiger partial charge is 0.150 e. The van der Waals surface area contributed by atoms with Crippen LogP contribution in [0.5, 0.6) is 0 Å². The van der Waals surface area contributed by atoms with Crippen LogP contribution < -0.4 is 5.32 Å². The molecule has 0 aliphatic rings. The fourth-order valence-corrected chi connectivity index (χ4v) is 2.38. The predicted molar refractivity (Wildman–Crippen MR) is 76.3 cm³/mol. The van der Waals surface area contributed by atoms with Gasteiger partial charge in [0.25, 0.3) is 0 Å². The molecule has 0 saturated carbocycles. The fraction of sp³-hybridized carbons (Fsp3) is 0.308. The molecule has 0 radical (unpaired) electrons. The zero-order valence-electron chi connectivity index (χ0n) is 11.0. The number of nitrogens with zero attached hydrogens (tertiary/aromatic N) is 2. The summed E-state index contributed by atoms with van der Waals surface area (Å²) in [6, 6.07) is 1.83. The molecule has 3 nitrogen and oxygen atoms in total. The monoisotopic (exact) mass is 319 g/mol. The molecule has 0 fully saturated rings. The first-order chi connectivity index (χ1) is 9.43. The summed E-state index contributed by atoms with van der Waals surface area (Å²) in [5, 5.41) is 7.60. The van der Waals surface area contributed by atoms with Gasteiger partial charge in [0.2, 0.25) is 0 Å². The van der Waals surface area contributed by atoms with E-state index in [0.29, 0.717) is 17.3 Å². The van der Waals surface area contributed by atoms with E-state index < -0.39 is 11.6 Å². The largest absolute Gasteiger partial charge is 0.376 e. The molecule has 2 aromatic rings. The number of rotatable bonds is 4. The Labute approximate surface area is 125 Å². The van der Waals surface area contributed by atoms with Gasteiger partial charge in [-0.2, -0.15) is 5.10 Å². The van der Waals surface area contributed by atoms with Crippen LogP contribution in [0.1, 0.15) is 18.3 Å². The maximum atomic E-state index is 13.7. The molecular weight excluding hydrogens is 307 g/mol. The highest BCUT2D eigenvalue weighted by Crippen LogP contribution is 2.28. The zero-order valence-corrected chi connectivity index (χ0v) is 12.5. The number of hydrogen-bond acceptors (Lipinski definition) is 2. The van der Waals surface area contributed by atoms with Crippen molar-refractivity contribution in [3.8, 4) is 0 Å². The van der Waals surface area contributed by atoms with E-state index in [1.165, 1.54) is 0 Å². The Morgan fingerprint density at radius 1 is 1.30 bits per heavy atom. The van der Waals surface area contributed by atoms with Crippen molar-refractivity contribution < 1.29 is 8.78 Å².